The van der Waals surface area contributed by atoms with Crippen LogP contribution in [0, 0.1) is 12.7 Å². The minimum Gasteiger partial charge on any atom is -0.348 e. The number of hydrogen-bond donors (Lipinski definition) is 1. The predicted molar refractivity (Wildman–Crippen MR) is 114 cm³/mol. The quantitative estimate of drug-likeness (QED) is 0.656. The number of nitrogens with one attached hydrogen (secondary N) is 1. The van der Waals surface area contributed by atoms with Crippen LogP contribution in [0.4, 0.5) is 4.39 Å². The zero-order chi connectivity index (χ0) is 21.8. The maximum Gasteiger partial charge on any atom is 0.252 e. The van der Waals surface area contributed by atoms with E-state index >= 15 is 0 Å². The van der Waals surface area contributed by atoms with Gasteiger partial charge in [0.25, 0.3) is 5.91 Å². The van der Waals surface area contributed by atoms with Gasteiger partial charge >= 0.3 is 0 Å². The largest absolute Gasteiger partial charge is 0.348 e. The molecule has 1 saturated carbocycles. The lowest BCUT2D eigenvalue weighted by Gasteiger charge is -2.12. The number of rotatable bonds is 5. The molecule has 2 aromatic heterocycles. The molecule has 1 aromatic carbocycles. The Morgan fingerprint density at radius 3 is 2.61 bits per heavy atom. The molecule has 0 spiro atoms. The summed E-state index contributed by atoms with van der Waals surface area (Å²) in [6, 6.07) is 7.57. The summed E-state index contributed by atoms with van der Waals surface area (Å²) in [6.45, 7) is 2.09. The summed E-state index contributed by atoms with van der Waals surface area (Å²) < 4.78 is 38.9. The SMILES string of the molecule is Cc1nn(C2CCS(=O)(=O)C2)c2nc(C3CC3)cc(C(=O)NCc3ccc(F)cc3)c12. The average molecular weight is 443 g/mol. The molecule has 9 heteroatoms. The van der Waals surface area contributed by atoms with Gasteiger partial charge in [0.2, 0.25) is 0 Å². The topological polar surface area (TPSA) is 93.9 Å². The fourth-order valence-corrected chi connectivity index (χ4v) is 5.89. The maximum atomic E-state index is 13.1. The molecule has 162 valence electrons. The normalized spacial score (nSPS) is 20.3. The van der Waals surface area contributed by atoms with Crippen LogP contribution in [0.3, 0.4) is 0 Å². The maximum absolute atomic E-state index is 13.1. The zero-order valence-electron chi connectivity index (χ0n) is 17.1. The number of benzene rings is 1. The summed E-state index contributed by atoms with van der Waals surface area (Å²) in [5.74, 6) is -0.0583. The Morgan fingerprint density at radius 2 is 1.97 bits per heavy atom. The van der Waals surface area contributed by atoms with Crippen molar-refractivity contribution in [2.24, 2.45) is 0 Å². The Hall–Kier alpha value is -2.81. The van der Waals surface area contributed by atoms with E-state index in [0.29, 0.717) is 34.6 Å². The van der Waals surface area contributed by atoms with Crippen molar-refractivity contribution >= 4 is 26.8 Å². The molecule has 3 heterocycles. The summed E-state index contributed by atoms with van der Waals surface area (Å²) in [5, 5.41) is 8.17. The van der Waals surface area contributed by atoms with Gasteiger partial charge in [0.15, 0.2) is 15.5 Å². The second kappa shape index (κ2) is 7.40. The van der Waals surface area contributed by atoms with Crippen LogP contribution in [0.1, 0.15) is 58.5 Å². The van der Waals surface area contributed by atoms with Crippen molar-refractivity contribution < 1.29 is 17.6 Å². The molecule has 1 aliphatic heterocycles. The first-order valence-electron chi connectivity index (χ1n) is 10.4. The first-order chi connectivity index (χ1) is 14.8. The van der Waals surface area contributed by atoms with Gasteiger partial charge in [-0.1, -0.05) is 12.1 Å². The lowest BCUT2D eigenvalue weighted by Crippen LogP contribution is -2.23. The van der Waals surface area contributed by atoms with Crippen molar-refractivity contribution in [2.75, 3.05) is 11.5 Å². The van der Waals surface area contributed by atoms with Crippen LogP contribution < -0.4 is 5.32 Å². The number of carbonyl (C=O) groups excluding carboxylic acids is 1. The molecular weight excluding hydrogens is 419 g/mol. The van der Waals surface area contributed by atoms with E-state index in [4.69, 9.17) is 4.98 Å². The smallest absolute Gasteiger partial charge is 0.252 e. The molecule has 1 atom stereocenters. The average Bonchev–Trinajstić information content (AvgIpc) is 3.46. The zero-order valence-corrected chi connectivity index (χ0v) is 18.0. The Morgan fingerprint density at radius 1 is 1.23 bits per heavy atom. The highest BCUT2D eigenvalue weighted by atomic mass is 32.2. The van der Waals surface area contributed by atoms with E-state index in [9.17, 15) is 17.6 Å². The third kappa shape index (κ3) is 3.94. The van der Waals surface area contributed by atoms with E-state index in [2.05, 4.69) is 10.4 Å². The number of hydrogen-bond acceptors (Lipinski definition) is 5. The van der Waals surface area contributed by atoms with Gasteiger partial charge in [0.05, 0.1) is 34.2 Å². The fourth-order valence-electron chi connectivity index (χ4n) is 4.20. The monoisotopic (exact) mass is 442 g/mol. The summed E-state index contributed by atoms with van der Waals surface area (Å²) in [5.41, 5.74) is 3.38. The number of nitrogens with zero attached hydrogens (tertiary/aromatic N) is 3. The number of pyridine rings is 1. The molecule has 1 aliphatic carbocycles. The number of fused-ring (bicyclic) bond motifs is 1. The summed E-state index contributed by atoms with van der Waals surface area (Å²) in [6.07, 6.45) is 2.56. The highest BCUT2D eigenvalue weighted by Crippen LogP contribution is 2.41. The van der Waals surface area contributed by atoms with Crippen LogP contribution in [-0.4, -0.2) is 40.6 Å². The second-order valence-corrected chi connectivity index (χ2v) is 10.7. The van der Waals surface area contributed by atoms with Crippen LogP contribution in [0.15, 0.2) is 30.3 Å². The number of sulfone groups is 1. The van der Waals surface area contributed by atoms with Gasteiger partial charge in [-0.15, -0.1) is 0 Å². The molecule has 1 unspecified atom stereocenters. The van der Waals surface area contributed by atoms with E-state index < -0.39 is 9.84 Å². The molecule has 5 rings (SSSR count). The second-order valence-electron chi connectivity index (χ2n) is 8.46. The molecular formula is C22H23FN4O3S. The van der Waals surface area contributed by atoms with Crippen molar-refractivity contribution in [1.29, 1.82) is 0 Å². The van der Waals surface area contributed by atoms with Crippen molar-refractivity contribution in [1.82, 2.24) is 20.1 Å². The Kier molecular flexibility index (Phi) is 4.80. The number of halogens is 1. The van der Waals surface area contributed by atoms with Gasteiger partial charge in [-0.3, -0.25) is 4.79 Å². The standard InChI is InChI=1S/C22H23FN4O3S/c1-13-20-18(22(28)24-11-14-2-6-16(23)7-3-14)10-19(15-4-5-15)25-21(20)27(26-13)17-8-9-31(29,30)12-17/h2-3,6-7,10,15,17H,4-5,8-9,11-12H2,1H3,(H,24,28). The first-order valence-corrected chi connectivity index (χ1v) is 12.3. The minimum absolute atomic E-state index is 0.0463. The summed E-state index contributed by atoms with van der Waals surface area (Å²) in [7, 11) is -3.08. The molecule has 1 N–H and O–H groups in total. The lowest BCUT2D eigenvalue weighted by atomic mass is 10.1. The van der Waals surface area contributed by atoms with Crippen molar-refractivity contribution in [3.8, 4) is 0 Å². The van der Waals surface area contributed by atoms with Crippen molar-refractivity contribution in [3.63, 3.8) is 0 Å². The molecule has 7 nitrogen and oxygen atoms in total. The van der Waals surface area contributed by atoms with Gasteiger partial charge in [0.1, 0.15) is 5.82 Å². The van der Waals surface area contributed by atoms with E-state index in [1.165, 1.54) is 12.1 Å². The molecule has 31 heavy (non-hydrogen) atoms. The fraction of sp³-hybridized carbons (Fsp3) is 0.409. The predicted octanol–water partition coefficient (Wildman–Crippen LogP) is 3.05. The van der Waals surface area contributed by atoms with E-state index in [0.717, 1.165) is 24.1 Å². The van der Waals surface area contributed by atoms with Crippen LogP contribution in [0.25, 0.3) is 11.0 Å². The molecule has 2 aliphatic rings. The molecule has 2 fully saturated rings. The van der Waals surface area contributed by atoms with Crippen LogP contribution in [-0.2, 0) is 16.4 Å². The third-order valence-corrected chi connectivity index (χ3v) is 7.77. The Labute approximate surface area is 179 Å². The Balaban J connectivity index is 1.52. The van der Waals surface area contributed by atoms with E-state index in [1.807, 2.05) is 13.0 Å². The Bertz CT molecular complexity index is 1280. The van der Waals surface area contributed by atoms with Crippen LogP contribution in [0.5, 0.6) is 0 Å². The summed E-state index contributed by atoms with van der Waals surface area (Å²) >= 11 is 0. The minimum atomic E-state index is -3.08. The lowest BCUT2D eigenvalue weighted by molar-refractivity contribution is 0.0952. The van der Waals surface area contributed by atoms with Gasteiger partial charge in [-0.2, -0.15) is 5.10 Å². The number of aromatic nitrogens is 3. The van der Waals surface area contributed by atoms with Crippen molar-refractivity contribution in [3.05, 3.63) is 58.7 Å². The van der Waals surface area contributed by atoms with Gasteiger partial charge in [-0.05, 0) is 49.9 Å². The summed E-state index contributed by atoms with van der Waals surface area (Å²) in [4.78, 5) is 17.9. The molecule has 1 saturated heterocycles. The van der Waals surface area contributed by atoms with E-state index in [1.54, 1.807) is 16.8 Å². The first kappa shape index (κ1) is 20.1. The van der Waals surface area contributed by atoms with Crippen LogP contribution >= 0.6 is 0 Å². The molecule has 3 aromatic rings. The van der Waals surface area contributed by atoms with Crippen molar-refractivity contribution in [2.45, 2.75) is 44.7 Å². The molecule has 0 bridgehead atoms. The number of aryl methyl sites for hydroxylation is 1. The number of carbonyl (C=O) groups is 1. The highest BCUT2D eigenvalue weighted by molar-refractivity contribution is 7.91. The van der Waals surface area contributed by atoms with Gasteiger partial charge in [-0.25, -0.2) is 22.5 Å². The number of amides is 1. The van der Waals surface area contributed by atoms with Gasteiger partial charge in [0, 0.05) is 18.2 Å². The molecule has 1 amide bonds. The van der Waals surface area contributed by atoms with Gasteiger partial charge < -0.3 is 5.32 Å². The molecule has 0 radical (unpaired) electrons. The van der Waals surface area contributed by atoms with E-state index in [-0.39, 0.29) is 35.8 Å². The van der Waals surface area contributed by atoms with Crippen LogP contribution in [0.2, 0.25) is 0 Å². The highest BCUT2D eigenvalue weighted by Gasteiger charge is 2.34. The third-order valence-electron chi connectivity index (χ3n) is 6.02.